The van der Waals surface area contributed by atoms with Crippen LogP contribution in [0.3, 0.4) is 0 Å². The van der Waals surface area contributed by atoms with Crippen molar-refractivity contribution in [3.05, 3.63) is 108 Å². The third-order valence-electron chi connectivity index (χ3n) is 11.4. The van der Waals surface area contributed by atoms with E-state index in [2.05, 4.69) is 5.32 Å². The van der Waals surface area contributed by atoms with Crippen molar-refractivity contribution in [1.82, 2.24) is 10.6 Å². The summed E-state index contributed by atoms with van der Waals surface area (Å²) < 4.78 is 96.3. The number of alkyl halides is 3. The molecule has 3 saturated heterocycles. The molecule has 3 fully saturated rings. The maximum Gasteiger partial charge on any atom is 0.471 e. The molecule has 3 heterocycles. The van der Waals surface area contributed by atoms with Gasteiger partial charge < -0.3 is 78.8 Å². The van der Waals surface area contributed by atoms with Crippen LogP contribution in [-0.4, -0.2) is 162 Å². The lowest BCUT2D eigenvalue weighted by Gasteiger charge is -2.50. The molecule has 3 aromatic carbocycles. The lowest BCUT2D eigenvalue weighted by molar-refractivity contribution is -0.390. The fourth-order valence-electron chi connectivity index (χ4n) is 7.92. The van der Waals surface area contributed by atoms with Gasteiger partial charge in [0.15, 0.2) is 18.9 Å². The molecule has 3 aliphatic heterocycles. The van der Waals surface area contributed by atoms with Crippen molar-refractivity contribution in [2.75, 3.05) is 26.4 Å². The van der Waals surface area contributed by atoms with Gasteiger partial charge in [-0.2, -0.15) is 13.2 Å². The van der Waals surface area contributed by atoms with Gasteiger partial charge in [-0.05, 0) is 30.0 Å². The van der Waals surface area contributed by atoms with Crippen molar-refractivity contribution in [1.29, 1.82) is 0 Å². The normalized spacial score (nSPS) is 32.4. The summed E-state index contributed by atoms with van der Waals surface area (Å²) in [6, 6.07) is 26.5. The minimum absolute atomic E-state index is 0.0106. The van der Waals surface area contributed by atoms with Crippen LogP contribution < -0.4 is 10.6 Å². The van der Waals surface area contributed by atoms with E-state index in [0.29, 0.717) is 0 Å². The first-order valence-corrected chi connectivity index (χ1v) is 21.9. The Hall–Kier alpha value is -4.17. The standard InChI is InChI=1S/C46H59F3N2O16/c1-26-37(60-23-28-13-6-3-7-14-28)39(61-24-29-15-8-4-9-16-29)40(62-25-30-17-10-5-11-18-30)44(63-26)67-41-38(66-42-33(51-27(2)54)36(57)34(55)31(21-52)64-42)35(56)32(22-53)65-43(41)59-20-12-19-50-45(58)46(47,48)49/h3-11,13-18,26,31-44,52-53,55-57H,12,19-25H2,1-2H3,(H,50,58)(H,51,54)/t26-,31+,32+,33+,34+,35-,36+,37+,38-,39+,40-,41+,42+,43+,44-/m0/s1. The van der Waals surface area contributed by atoms with Crippen LogP contribution in [-0.2, 0) is 72.0 Å². The van der Waals surface area contributed by atoms with E-state index in [1.165, 1.54) is 0 Å². The number of halogens is 3. The summed E-state index contributed by atoms with van der Waals surface area (Å²) in [5, 5.41) is 58.4. The second-order valence-corrected chi connectivity index (χ2v) is 16.3. The lowest BCUT2D eigenvalue weighted by Crippen LogP contribution is -2.69. The van der Waals surface area contributed by atoms with Gasteiger partial charge >= 0.3 is 12.1 Å². The molecule has 0 aliphatic carbocycles. The molecule has 21 heteroatoms. The minimum atomic E-state index is -5.12. The molecule has 0 aromatic heterocycles. The summed E-state index contributed by atoms with van der Waals surface area (Å²) >= 11 is 0. The van der Waals surface area contributed by atoms with Crippen molar-refractivity contribution in [2.45, 2.75) is 138 Å². The Morgan fingerprint density at radius 2 is 1.10 bits per heavy atom. The first kappa shape index (κ1) is 52.2. The SMILES string of the molecule is CC(=O)N[C@H]1[C@@H](O[C@H]2[C@@H](O)[C@@H](CO)O[C@@H](OCCCNC(=O)C(F)(F)F)[C@@H]2O[C@@H]2O[C@@H](C)[C@@H](OCc3ccccc3)[C@@H](OCc3ccccc3)[C@@H]2OCc2ccccc2)O[C@H](CO)[C@@H](O)[C@@H]1O. The van der Waals surface area contributed by atoms with Crippen molar-refractivity contribution in [3.63, 3.8) is 0 Å². The summed E-state index contributed by atoms with van der Waals surface area (Å²) in [6.45, 7) is 0.666. The van der Waals surface area contributed by atoms with E-state index < -0.39 is 130 Å². The summed E-state index contributed by atoms with van der Waals surface area (Å²) in [5.41, 5.74) is 2.46. The van der Waals surface area contributed by atoms with E-state index in [0.717, 1.165) is 23.6 Å². The Morgan fingerprint density at radius 1 is 0.612 bits per heavy atom. The van der Waals surface area contributed by atoms with Crippen LogP contribution in [0.4, 0.5) is 13.2 Å². The predicted octanol–water partition coefficient (Wildman–Crippen LogP) is 1.36. The zero-order valence-electron chi connectivity index (χ0n) is 36.8. The third kappa shape index (κ3) is 14.2. The summed E-state index contributed by atoms with van der Waals surface area (Å²) in [7, 11) is 0. The molecule has 0 saturated carbocycles. The summed E-state index contributed by atoms with van der Waals surface area (Å²) in [6.07, 6.45) is -25.3. The molecule has 2 amide bonds. The average molecular weight is 953 g/mol. The number of hydrogen-bond acceptors (Lipinski definition) is 16. The monoisotopic (exact) mass is 952 g/mol. The van der Waals surface area contributed by atoms with Crippen LogP contribution in [0.1, 0.15) is 37.0 Å². The number of nitrogens with one attached hydrogen (secondary N) is 2. The Morgan fingerprint density at radius 3 is 1.63 bits per heavy atom. The first-order chi connectivity index (χ1) is 32.2. The Balaban J connectivity index is 1.37. The number of aliphatic hydroxyl groups excluding tert-OH is 5. The van der Waals surface area contributed by atoms with Crippen LogP contribution in [0.2, 0.25) is 0 Å². The van der Waals surface area contributed by atoms with E-state index >= 15 is 0 Å². The Bertz CT molecular complexity index is 1940. The molecule has 18 nitrogen and oxygen atoms in total. The molecule has 15 atom stereocenters. The number of carbonyl (C=O) groups excluding carboxylic acids is 2. The maximum atomic E-state index is 12.9. The van der Waals surface area contributed by atoms with Gasteiger partial charge in [-0.1, -0.05) is 91.0 Å². The number of ether oxygens (including phenoxy) is 9. The van der Waals surface area contributed by atoms with Crippen molar-refractivity contribution < 1.29 is 90.9 Å². The highest BCUT2D eigenvalue weighted by Crippen LogP contribution is 2.36. The molecule has 370 valence electrons. The maximum absolute atomic E-state index is 12.9. The number of aliphatic hydroxyl groups is 5. The molecule has 67 heavy (non-hydrogen) atoms. The molecule has 0 bridgehead atoms. The Kier molecular flexibility index (Phi) is 19.4. The van der Waals surface area contributed by atoms with Gasteiger partial charge in [0.25, 0.3) is 0 Å². The van der Waals surface area contributed by atoms with Crippen molar-refractivity contribution in [3.8, 4) is 0 Å². The first-order valence-electron chi connectivity index (χ1n) is 21.9. The predicted molar refractivity (Wildman–Crippen MR) is 226 cm³/mol. The van der Waals surface area contributed by atoms with Gasteiger partial charge in [0.2, 0.25) is 5.91 Å². The van der Waals surface area contributed by atoms with Gasteiger partial charge in [0.05, 0.1) is 45.7 Å². The highest BCUT2D eigenvalue weighted by molar-refractivity contribution is 5.81. The second-order valence-electron chi connectivity index (χ2n) is 16.3. The lowest BCUT2D eigenvalue weighted by atomic mass is 9.95. The molecule has 6 rings (SSSR count). The molecular weight excluding hydrogens is 893 g/mol. The van der Waals surface area contributed by atoms with Gasteiger partial charge in [-0.15, -0.1) is 0 Å². The number of carbonyl (C=O) groups is 2. The van der Waals surface area contributed by atoms with Crippen molar-refractivity contribution in [2.24, 2.45) is 0 Å². The number of amides is 2. The largest absolute Gasteiger partial charge is 0.471 e. The van der Waals surface area contributed by atoms with E-state index in [1.54, 1.807) is 12.2 Å². The minimum Gasteiger partial charge on any atom is -0.394 e. The number of hydrogen-bond donors (Lipinski definition) is 7. The van der Waals surface area contributed by atoms with E-state index in [-0.39, 0.29) is 32.8 Å². The van der Waals surface area contributed by atoms with Crippen LogP contribution in [0.15, 0.2) is 91.0 Å². The molecule has 3 aromatic rings. The summed E-state index contributed by atoms with van der Waals surface area (Å²) in [5.74, 6) is -2.83. The molecule has 0 unspecified atom stereocenters. The number of benzene rings is 3. The highest BCUT2D eigenvalue weighted by Gasteiger charge is 2.55. The van der Waals surface area contributed by atoms with Gasteiger partial charge in [-0.3, -0.25) is 9.59 Å². The Labute approximate surface area is 385 Å². The van der Waals surface area contributed by atoms with E-state index in [9.17, 15) is 48.3 Å². The average Bonchev–Trinajstić information content (AvgIpc) is 3.31. The summed E-state index contributed by atoms with van der Waals surface area (Å²) in [4.78, 5) is 23.9. The fraction of sp³-hybridized carbons (Fsp3) is 0.565. The number of rotatable bonds is 21. The van der Waals surface area contributed by atoms with Crippen LogP contribution in [0.5, 0.6) is 0 Å². The molecule has 0 radical (unpaired) electrons. The second kappa shape index (κ2) is 24.9. The third-order valence-corrected chi connectivity index (χ3v) is 11.4. The molecular formula is C46H59F3N2O16. The van der Waals surface area contributed by atoms with Crippen LogP contribution in [0, 0.1) is 0 Å². The molecule has 0 spiro atoms. The fourth-order valence-corrected chi connectivity index (χ4v) is 7.92. The van der Waals surface area contributed by atoms with Gasteiger partial charge in [-0.25, -0.2) is 0 Å². The van der Waals surface area contributed by atoms with Gasteiger partial charge in [0.1, 0.15) is 67.1 Å². The van der Waals surface area contributed by atoms with Crippen LogP contribution >= 0.6 is 0 Å². The molecule has 7 N–H and O–H groups in total. The van der Waals surface area contributed by atoms with E-state index in [1.807, 2.05) is 91.0 Å². The van der Waals surface area contributed by atoms with E-state index in [4.69, 9.17) is 42.6 Å². The zero-order chi connectivity index (χ0) is 48.1. The van der Waals surface area contributed by atoms with Crippen LogP contribution in [0.25, 0.3) is 0 Å². The highest BCUT2D eigenvalue weighted by atomic mass is 19.4. The van der Waals surface area contributed by atoms with Crippen molar-refractivity contribution >= 4 is 11.8 Å². The van der Waals surface area contributed by atoms with Gasteiger partial charge in [0, 0.05) is 13.5 Å². The smallest absolute Gasteiger partial charge is 0.394 e. The molecule has 3 aliphatic rings. The zero-order valence-corrected chi connectivity index (χ0v) is 36.8. The quantitative estimate of drug-likeness (QED) is 0.0746. The topological polar surface area (TPSA) is 242 Å².